The van der Waals surface area contributed by atoms with Crippen LogP contribution in [0.25, 0.3) is 33.0 Å². The van der Waals surface area contributed by atoms with Crippen molar-refractivity contribution in [3.05, 3.63) is 85.5 Å². The molecule has 0 radical (unpaired) electrons. The minimum Gasteiger partial charge on any atom is -0.218 e. The van der Waals surface area contributed by atoms with Gasteiger partial charge < -0.3 is 0 Å². The molecule has 4 rings (SSSR count). The van der Waals surface area contributed by atoms with Crippen LogP contribution in [0.1, 0.15) is 27.7 Å². The zero-order valence-electron chi connectivity index (χ0n) is 16.1. The molecule has 2 heterocycles. The SMILES string of the molecule is CC.CC.c1cc(-c2ccc3cc(-c4cc[nH+]cc4)ccc3c2)cc[nH+]1. The molecule has 0 atom stereocenters. The molecular formula is C24H28N2+2. The Balaban J connectivity index is 0.000000570. The summed E-state index contributed by atoms with van der Waals surface area (Å²) in [7, 11) is 0. The smallest absolute Gasteiger partial charge is 0.167 e. The third-order valence-corrected chi connectivity index (χ3v) is 3.94. The number of rotatable bonds is 2. The lowest BCUT2D eigenvalue weighted by Gasteiger charge is -2.06. The molecular weight excluding hydrogens is 316 g/mol. The standard InChI is InChI=1S/C20H14N2.2C2H6/c1-3-19-14-18(16-7-11-22-12-8-16)2-4-20(19)13-17(1)15-5-9-21-10-6-15;2*1-2/h1-14H;2*1-2H3/p+2. The minimum atomic E-state index is 1.23. The van der Waals surface area contributed by atoms with Gasteiger partial charge in [0.25, 0.3) is 0 Å². The molecule has 0 aliphatic carbocycles. The van der Waals surface area contributed by atoms with Gasteiger partial charge in [-0.3, -0.25) is 0 Å². The first-order valence-corrected chi connectivity index (χ1v) is 9.37. The third-order valence-electron chi connectivity index (χ3n) is 3.94. The molecule has 132 valence electrons. The Morgan fingerprint density at radius 1 is 0.423 bits per heavy atom. The summed E-state index contributed by atoms with van der Waals surface area (Å²) >= 11 is 0. The second kappa shape index (κ2) is 10.1. The summed E-state index contributed by atoms with van der Waals surface area (Å²) in [6, 6.07) is 21.6. The molecule has 2 nitrogen and oxygen atoms in total. The van der Waals surface area contributed by atoms with Gasteiger partial charge in [-0.05, 0) is 45.2 Å². The number of aromatic nitrogens is 2. The average Bonchev–Trinajstić information content (AvgIpc) is 2.77. The first kappa shape index (κ1) is 19.3. The van der Waals surface area contributed by atoms with Crippen LogP contribution < -0.4 is 9.97 Å². The summed E-state index contributed by atoms with van der Waals surface area (Å²) in [4.78, 5) is 6.13. The normalized spacial score (nSPS) is 9.54. The molecule has 0 aliphatic heterocycles. The fourth-order valence-electron chi connectivity index (χ4n) is 2.76. The fourth-order valence-corrected chi connectivity index (χ4v) is 2.76. The molecule has 0 aliphatic rings. The number of benzene rings is 2. The van der Waals surface area contributed by atoms with Crippen molar-refractivity contribution in [1.29, 1.82) is 0 Å². The van der Waals surface area contributed by atoms with Crippen molar-refractivity contribution in [2.45, 2.75) is 27.7 Å². The van der Waals surface area contributed by atoms with Crippen LogP contribution in [0.15, 0.2) is 85.5 Å². The first-order valence-electron chi connectivity index (χ1n) is 9.37. The monoisotopic (exact) mass is 344 g/mol. The predicted molar refractivity (Wildman–Crippen MR) is 111 cm³/mol. The Morgan fingerprint density at radius 2 is 0.769 bits per heavy atom. The van der Waals surface area contributed by atoms with Crippen LogP contribution in [-0.4, -0.2) is 0 Å². The summed E-state index contributed by atoms with van der Waals surface area (Å²) < 4.78 is 0. The van der Waals surface area contributed by atoms with Crippen LogP contribution >= 0.6 is 0 Å². The van der Waals surface area contributed by atoms with Crippen molar-refractivity contribution in [2.75, 3.05) is 0 Å². The summed E-state index contributed by atoms with van der Waals surface area (Å²) in [5.41, 5.74) is 4.93. The van der Waals surface area contributed by atoms with Gasteiger partial charge in [-0.2, -0.15) is 0 Å². The quantitative estimate of drug-likeness (QED) is 0.436. The van der Waals surface area contributed by atoms with Gasteiger partial charge in [0.2, 0.25) is 0 Å². The Morgan fingerprint density at radius 3 is 1.12 bits per heavy atom. The van der Waals surface area contributed by atoms with Crippen molar-refractivity contribution >= 4 is 10.8 Å². The summed E-state index contributed by atoms with van der Waals surface area (Å²) in [5, 5.41) is 2.52. The van der Waals surface area contributed by atoms with Crippen molar-refractivity contribution in [1.82, 2.24) is 0 Å². The van der Waals surface area contributed by atoms with E-state index in [1.54, 1.807) is 0 Å². The van der Waals surface area contributed by atoms with Crippen LogP contribution in [-0.2, 0) is 0 Å². The fraction of sp³-hybridized carbons (Fsp3) is 0.167. The molecule has 0 amide bonds. The lowest BCUT2D eigenvalue weighted by molar-refractivity contribution is -0.378. The van der Waals surface area contributed by atoms with Gasteiger partial charge >= 0.3 is 0 Å². The van der Waals surface area contributed by atoms with Crippen LogP contribution in [0.2, 0.25) is 0 Å². The number of aromatic amines is 2. The molecule has 4 aromatic rings. The van der Waals surface area contributed by atoms with Crippen LogP contribution in [0, 0.1) is 0 Å². The molecule has 0 saturated carbocycles. The Labute approximate surface area is 156 Å². The second-order valence-electron chi connectivity index (χ2n) is 5.35. The van der Waals surface area contributed by atoms with Gasteiger partial charge in [0, 0.05) is 24.3 Å². The van der Waals surface area contributed by atoms with Crippen LogP contribution in [0.3, 0.4) is 0 Å². The zero-order chi connectivity index (χ0) is 18.8. The summed E-state index contributed by atoms with van der Waals surface area (Å²) in [5.74, 6) is 0. The van der Waals surface area contributed by atoms with Crippen LogP contribution in [0.5, 0.6) is 0 Å². The maximum atomic E-state index is 3.06. The lowest BCUT2D eigenvalue weighted by atomic mass is 9.98. The molecule has 2 heteroatoms. The maximum Gasteiger partial charge on any atom is 0.167 e. The van der Waals surface area contributed by atoms with Crippen molar-refractivity contribution in [3.8, 4) is 22.3 Å². The average molecular weight is 345 g/mol. The van der Waals surface area contributed by atoms with Crippen molar-refractivity contribution in [2.24, 2.45) is 0 Å². The van der Waals surface area contributed by atoms with E-state index in [2.05, 4.69) is 70.6 Å². The highest BCUT2D eigenvalue weighted by Gasteiger charge is 2.03. The molecule has 0 saturated heterocycles. The van der Waals surface area contributed by atoms with Gasteiger partial charge in [0.15, 0.2) is 24.8 Å². The van der Waals surface area contributed by atoms with E-state index in [0.29, 0.717) is 0 Å². The molecule has 0 fully saturated rings. The molecule has 0 bridgehead atoms. The van der Waals surface area contributed by atoms with Crippen molar-refractivity contribution in [3.63, 3.8) is 0 Å². The molecule has 2 aromatic heterocycles. The van der Waals surface area contributed by atoms with E-state index < -0.39 is 0 Å². The van der Waals surface area contributed by atoms with E-state index in [9.17, 15) is 0 Å². The van der Waals surface area contributed by atoms with Gasteiger partial charge in [0.05, 0.1) is 0 Å². The van der Waals surface area contributed by atoms with E-state index in [4.69, 9.17) is 0 Å². The highest BCUT2D eigenvalue weighted by Crippen LogP contribution is 2.27. The predicted octanol–water partition coefficient (Wildman–Crippen LogP) is 5.85. The van der Waals surface area contributed by atoms with Gasteiger partial charge in [-0.15, -0.1) is 0 Å². The first-order chi connectivity index (χ1) is 12.9. The van der Waals surface area contributed by atoms with Gasteiger partial charge in [0.1, 0.15) is 0 Å². The van der Waals surface area contributed by atoms with E-state index >= 15 is 0 Å². The number of hydrogen-bond donors (Lipinski definition) is 0. The van der Waals surface area contributed by atoms with Crippen LogP contribution in [0.4, 0.5) is 0 Å². The van der Waals surface area contributed by atoms with Gasteiger partial charge in [-0.1, -0.05) is 52.0 Å². The number of H-pyrrole nitrogens is 2. The largest absolute Gasteiger partial charge is 0.218 e. The molecule has 26 heavy (non-hydrogen) atoms. The summed E-state index contributed by atoms with van der Waals surface area (Å²) in [6.45, 7) is 8.00. The highest BCUT2D eigenvalue weighted by molar-refractivity contribution is 5.90. The Bertz CT molecular complexity index is 838. The topological polar surface area (TPSA) is 28.3 Å². The van der Waals surface area contributed by atoms with Crippen molar-refractivity contribution < 1.29 is 9.97 Å². The Kier molecular flexibility index (Phi) is 7.50. The summed E-state index contributed by atoms with van der Waals surface area (Å²) in [6.07, 6.45) is 7.81. The Hall–Kier alpha value is -3.00. The number of fused-ring (bicyclic) bond motifs is 1. The lowest BCUT2D eigenvalue weighted by Crippen LogP contribution is -1.97. The molecule has 2 N–H and O–H groups in total. The van der Waals surface area contributed by atoms with E-state index in [1.165, 1.54) is 33.0 Å². The number of nitrogens with one attached hydrogen (secondary N) is 2. The van der Waals surface area contributed by atoms with E-state index in [0.717, 1.165) is 0 Å². The minimum absolute atomic E-state index is 1.23. The third kappa shape index (κ3) is 4.54. The number of hydrogen-bond acceptors (Lipinski definition) is 0. The molecule has 0 spiro atoms. The molecule has 0 unspecified atom stereocenters. The zero-order valence-corrected chi connectivity index (χ0v) is 16.1. The second-order valence-corrected chi connectivity index (χ2v) is 5.35. The maximum absolute atomic E-state index is 3.06. The number of pyridine rings is 2. The van der Waals surface area contributed by atoms with Gasteiger partial charge in [-0.25, -0.2) is 9.97 Å². The molecule has 2 aromatic carbocycles. The highest BCUT2D eigenvalue weighted by atomic mass is 14.6. The van der Waals surface area contributed by atoms with E-state index in [1.807, 2.05) is 52.5 Å². The van der Waals surface area contributed by atoms with E-state index in [-0.39, 0.29) is 0 Å².